The number of para-hydroxylation sites is 1. The number of anilines is 2. The van der Waals surface area contributed by atoms with Crippen LogP contribution in [0.15, 0.2) is 42.5 Å². The van der Waals surface area contributed by atoms with Crippen LogP contribution in [0.5, 0.6) is 0 Å². The van der Waals surface area contributed by atoms with E-state index >= 15 is 0 Å². The third kappa shape index (κ3) is 4.50. The first-order valence-electron chi connectivity index (χ1n) is 7.26. The molecule has 0 aliphatic carbocycles. The second-order valence-electron chi connectivity index (χ2n) is 5.36. The summed E-state index contributed by atoms with van der Waals surface area (Å²) in [5.41, 5.74) is 1.51. The molecule has 2 aromatic carbocycles. The SMILES string of the molecule is Cc1c(Cl)cccc1NC(=O)CN(c1ccccc1C#N)S(C)(=O)=O. The molecule has 130 valence electrons. The fraction of sp³-hybridized carbons (Fsp3) is 0.176. The Bertz CT molecular complexity index is 952. The van der Waals surface area contributed by atoms with Crippen LogP contribution in [0, 0.1) is 18.3 Å². The van der Waals surface area contributed by atoms with Crippen LogP contribution in [-0.4, -0.2) is 27.1 Å². The van der Waals surface area contributed by atoms with Crippen molar-refractivity contribution < 1.29 is 13.2 Å². The molecule has 0 saturated heterocycles. The van der Waals surface area contributed by atoms with Crippen LogP contribution in [-0.2, 0) is 14.8 Å². The summed E-state index contributed by atoms with van der Waals surface area (Å²) in [7, 11) is -3.76. The fourth-order valence-electron chi connectivity index (χ4n) is 2.23. The average molecular weight is 378 g/mol. The van der Waals surface area contributed by atoms with Crippen molar-refractivity contribution in [2.75, 3.05) is 22.4 Å². The van der Waals surface area contributed by atoms with Gasteiger partial charge in [-0.3, -0.25) is 9.10 Å². The maximum atomic E-state index is 12.4. The van der Waals surface area contributed by atoms with Gasteiger partial charge in [0.2, 0.25) is 15.9 Å². The van der Waals surface area contributed by atoms with Gasteiger partial charge in [-0.2, -0.15) is 5.26 Å². The highest BCUT2D eigenvalue weighted by Crippen LogP contribution is 2.24. The van der Waals surface area contributed by atoms with Crippen molar-refractivity contribution in [1.82, 2.24) is 0 Å². The Morgan fingerprint density at radius 2 is 1.92 bits per heavy atom. The van der Waals surface area contributed by atoms with E-state index in [1.54, 1.807) is 37.3 Å². The van der Waals surface area contributed by atoms with Crippen molar-refractivity contribution in [2.45, 2.75) is 6.92 Å². The van der Waals surface area contributed by atoms with Gasteiger partial charge in [-0.1, -0.05) is 29.8 Å². The summed E-state index contributed by atoms with van der Waals surface area (Å²) in [6.07, 6.45) is 0.985. The van der Waals surface area contributed by atoms with E-state index in [1.165, 1.54) is 12.1 Å². The van der Waals surface area contributed by atoms with E-state index in [0.29, 0.717) is 16.3 Å². The van der Waals surface area contributed by atoms with Gasteiger partial charge in [0.15, 0.2) is 0 Å². The van der Waals surface area contributed by atoms with Gasteiger partial charge in [0, 0.05) is 10.7 Å². The number of hydrogen-bond donors (Lipinski definition) is 1. The lowest BCUT2D eigenvalue weighted by Gasteiger charge is -2.23. The summed E-state index contributed by atoms with van der Waals surface area (Å²) >= 11 is 6.02. The van der Waals surface area contributed by atoms with E-state index in [-0.39, 0.29) is 11.3 Å². The van der Waals surface area contributed by atoms with Crippen LogP contribution in [0.25, 0.3) is 0 Å². The molecule has 1 amide bonds. The van der Waals surface area contributed by atoms with E-state index in [2.05, 4.69) is 5.32 Å². The molecule has 0 aromatic heterocycles. The van der Waals surface area contributed by atoms with Gasteiger partial charge >= 0.3 is 0 Å². The van der Waals surface area contributed by atoms with Gasteiger partial charge in [-0.15, -0.1) is 0 Å². The number of carbonyl (C=O) groups is 1. The normalized spacial score (nSPS) is 10.8. The quantitative estimate of drug-likeness (QED) is 0.867. The second kappa shape index (κ2) is 7.55. The smallest absolute Gasteiger partial charge is 0.245 e. The monoisotopic (exact) mass is 377 g/mol. The van der Waals surface area contributed by atoms with Crippen LogP contribution in [0.2, 0.25) is 5.02 Å². The number of benzene rings is 2. The first kappa shape index (κ1) is 18.8. The highest BCUT2D eigenvalue weighted by Gasteiger charge is 2.23. The molecule has 1 N–H and O–H groups in total. The van der Waals surface area contributed by atoms with Crippen molar-refractivity contribution in [1.29, 1.82) is 5.26 Å². The summed E-state index contributed by atoms with van der Waals surface area (Å²) in [6, 6.07) is 13.2. The standard InChI is InChI=1S/C17H16ClN3O3S/c1-12-14(18)7-5-8-15(12)20-17(22)11-21(25(2,23)24)16-9-4-3-6-13(16)10-19/h3-9H,11H2,1-2H3,(H,20,22). The highest BCUT2D eigenvalue weighted by atomic mass is 35.5. The third-order valence-electron chi connectivity index (χ3n) is 3.52. The van der Waals surface area contributed by atoms with Crippen LogP contribution >= 0.6 is 11.6 Å². The van der Waals surface area contributed by atoms with Gasteiger partial charge in [-0.25, -0.2) is 8.42 Å². The molecule has 0 aliphatic rings. The van der Waals surface area contributed by atoms with Crippen molar-refractivity contribution in [3.05, 3.63) is 58.6 Å². The number of nitriles is 1. The van der Waals surface area contributed by atoms with Gasteiger partial charge in [0.05, 0.1) is 17.5 Å². The number of halogens is 1. The maximum Gasteiger partial charge on any atom is 0.245 e. The van der Waals surface area contributed by atoms with Crippen LogP contribution in [0.3, 0.4) is 0 Å². The Morgan fingerprint density at radius 3 is 2.56 bits per heavy atom. The summed E-state index contributed by atoms with van der Waals surface area (Å²) in [6.45, 7) is 1.29. The summed E-state index contributed by atoms with van der Waals surface area (Å²) in [5, 5.41) is 12.3. The molecular formula is C17H16ClN3O3S. The van der Waals surface area contributed by atoms with Crippen molar-refractivity contribution in [2.24, 2.45) is 0 Å². The second-order valence-corrected chi connectivity index (χ2v) is 7.67. The zero-order valence-electron chi connectivity index (χ0n) is 13.7. The minimum Gasteiger partial charge on any atom is -0.324 e. The topological polar surface area (TPSA) is 90.3 Å². The van der Waals surface area contributed by atoms with Crippen molar-refractivity contribution in [3.63, 3.8) is 0 Å². The first-order chi connectivity index (χ1) is 11.7. The largest absolute Gasteiger partial charge is 0.324 e. The molecule has 2 aromatic rings. The number of nitrogens with zero attached hydrogens (tertiary/aromatic N) is 2. The molecule has 2 rings (SSSR count). The van der Waals surface area contributed by atoms with Crippen LogP contribution < -0.4 is 9.62 Å². The number of carbonyl (C=O) groups excluding carboxylic acids is 1. The predicted molar refractivity (Wildman–Crippen MR) is 98.2 cm³/mol. The molecule has 25 heavy (non-hydrogen) atoms. The molecule has 0 bridgehead atoms. The van der Waals surface area contributed by atoms with E-state index in [9.17, 15) is 18.5 Å². The molecule has 6 nitrogen and oxygen atoms in total. The fourth-order valence-corrected chi connectivity index (χ4v) is 3.27. The lowest BCUT2D eigenvalue weighted by atomic mass is 10.2. The van der Waals surface area contributed by atoms with Gasteiger partial charge in [0.1, 0.15) is 12.6 Å². The lowest BCUT2D eigenvalue weighted by molar-refractivity contribution is -0.114. The number of nitrogens with one attached hydrogen (secondary N) is 1. The van der Waals surface area contributed by atoms with E-state index in [0.717, 1.165) is 10.6 Å². The molecule has 0 fully saturated rings. The molecule has 0 heterocycles. The summed E-state index contributed by atoms with van der Waals surface area (Å²) in [4.78, 5) is 12.4. The summed E-state index contributed by atoms with van der Waals surface area (Å²) < 4.78 is 25.2. The molecule has 8 heteroatoms. The molecule has 0 saturated carbocycles. The van der Waals surface area contributed by atoms with Gasteiger partial charge in [-0.05, 0) is 36.8 Å². The maximum absolute atomic E-state index is 12.4. The summed E-state index contributed by atoms with van der Waals surface area (Å²) in [5.74, 6) is -0.538. The molecule has 0 aliphatic heterocycles. The average Bonchev–Trinajstić information content (AvgIpc) is 2.56. The van der Waals surface area contributed by atoms with Gasteiger partial charge < -0.3 is 5.32 Å². The number of sulfonamides is 1. The third-order valence-corrected chi connectivity index (χ3v) is 5.06. The van der Waals surface area contributed by atoms with Crippen molar-refractivity contribution >= 4 is 38.9 Å². The van der Waals surface area contributed by atoms with Crippen molar-refractivity contribution in [3.8, 4) is 6.07 Å². The van der Waals surface area contributed by atoms with E-state index < -0.39 is 22.5 Å². The number of rotatable bonds is 5. The van der Waals surface area contributed by atoms with Crippen LogP contribution in [0.4, 0.5) is 11.4 Å². The molecule has 0 unspecified atom stereocenters. The number of hydrogen-bond acceptors (Lipinski definition) is 4. The minimum atomic E-state index is -3.76. The first-order valence-corrected chi connectivity index (χ1v) is 9.48. The zero-order valence-corrected chi connectivity index (χ0v) is 15.2. The Kier molecular flexibility index (Phi) is 5.67. The Balaban J connectivity index is 2.31. The molecule has 0 atom stereocenters. The predicted octanol–water partition coefficient (Wildman–Crippen LogP) is 2.92. The van der Waals surface area contributed by atoms with E-state index in [1.807, 2.05) is 6.07 Å². The Labute approximate surface area is 151 Å². The number of amides is 1. The molecule has 0 spiro atoms. The zero-order chi connectivity index (χ0) is 18.6. The van der Waals surface area contributed by atoms with E-state index in [4.69, 9.17) is 11.6 Å². The van der Waals surface area contributed by atoms with Crippen LogP contribution in [0.1, 0.15) is 11.1 Å². The minimum absolute atomic E-state index is 0.158. The Morgan fingerprint density at radius 1 is 1.24 bits per heavy atom. The highest BCUT2D eigenvalue weighted by molar-refractivity contribution is 7.92. The van der Waals surface area contributed by atoms with Gasteiger partial charge in [0.25, 0.3) is 0 Å². The Hall–Kier alpha value is -2.56. The lowest BCUT2D eigenvalue weighted by Crippen LogP contribution is -2.38. The molecular weight excluding hydrogens is 362 g/mol. The molecule has 0 radical (unpaired) electrons.